The van der Waals surface area contributed by atoms with Crippen molar-refractivity contribution in [2.75, 3.05) is 13.1 Å². The molecule has 1 atom stereocenters. The van der Waals surface area contributed by atoms with Crippen LogP contribution in [0.25, 0.3) is 0 Å². The highest BCUT2D eigenvalue weighted by molar-refractivity contribution is 5.82. The number of nitrogens with one attached hydrogen (secondary N) is 1. The van der Waals surface area contributed by atoms with E-state index in [1.54, 1.807) is 11.8 Å². The van der Waals surface area contributed by atoms with Crippen molar-refractivity contribution in [3.8, 4) is 0 Å². The average Bonchev–Trinajstić information content (AvgIpc) is 2.35. The van der Waals surface area contributed by atoms with Crippen molar-refractivity contribution in [1.82, 2.24) is 10.2 Å². The van der Waals surface area contributed by atoms with E-state index in [1.807, 2.05) is 0 Å². The van der Waals surface area contributed by atoms with Crippen molar-refractivity contribution in [1.29, 1.82) is 0 Å². The number of hydrogen-bond donors (Lipinski definition) is 2. The van der Waals surface area contributed by atoms with E-state index >= 15 is 0 Å². The van der Waals surface area contributed by atoms with E-state index in [0.29, 0.717) is 12.3 Å². The third kappa shape index (κ3) is 3.91. The number of likely N-dealkylation sites (tertiary alicyclic amines) is 1. The first-order valence-electron chi connectivity index (χ1n) is 6.36. The van der Waals surface area contributed by atoms with Crippen molar-refractivity contribution < 1.29 is 14.7 Å². The van der Waals surface area contributed by atoms with Gasteiger partial charge in [0.15, 0.2) is 0 Å². The molecule has 0 bridgehead atoms. The molecule has 5 nitrogen and oxygen atoms in total. The standard InChI is InChI=1S/C12H22N2O3/c1-3-9-5-7-14(8-6-9)12(17)13-10(4-2)11(15)16/h9-10H,3-8H2,1-2H3,(H,13,17)(H,15,16)/t10-/m0/s1. The molecule has 0 saturated carbocycles. The molecule has 0 aromatic carbocycles. The molecule has 1 saturated heterocycles. The Morgan fingerprint density at radius 1 is 1.35 bits per heavy atom. The summed E-state index contributed by atoms with van der Waals surface area (Å²) in [7, 11) is 0. The predicted octanol–water partition coefficient (Wildman–Crippen LogP) is 1.68. The summed E-state index contributed by atoms with van der Waals surface area (Å²) in [6.45, 7) is 5.39. The monoisotopic (exact) mass is 242 g/mol. The van der Waals surface area contributed by atoms with Crippen molar-refractivity contribution in [2.24, 2.45) is 5.92 Å². The molecule has 0 aromatic rings. The maximum absolute atomic E-state index is 11.8. The number of carboxylic acids is 1. The number of aliphatic carboxylic acids is 1. The summed E-state index contributed by atoms with van der Waals surface area (Å²) >= 11 is 0. The highest BCUT2D eigenvalue weighted by atomic mass is 16.4. The lowest BCUT2D eigenvalue weighted by Gasteiger charge is -2.32. The first-order chi connectivity index (χ1) is 8.08. The number of carboxylic acid groups (broad SMARTS) is 1. The van der Waals surface area contributed by atoms with Crippen LogP contribution >= 0.6 is 0 Å². The minimum atomic E-state index is -0.968. The quantitative estimate of drug-likeness (QED) is 0.788. The van der Waals surface area contributed by atoms with Crippen molar-refractivity contribution in [3.63, 3.8) is 0 Å². The summed E-state index contributed by atoms with van der Waals surface area (Å²) < 4.78 is 0. The summed E-state index contributed by atoms with van der Waals surface area (Å²) in [5.41, 5.74) is 0. The Balaban J connectivity index is 2.41. The number of urea groups is 1. The summed E-state index contributed by atoms with van der Waals surface area (Å²) in [6.07, 6.45) is 3.61. The fourth-order valence-corrected chi connectivity index (χ4v) is 2.12. The van der Waals surface area contributed by atoms with Gasteiger partial charge < -0.3 is 15.3 Å². The second kappa shape index (κ2) is 6.47. The van der Waals surface area contributed by atoms with Crippen LogP contribution in [0.5, 0.6) is 0 Å². The van der Waals surface area contributed by atoms with Gasteiger partial charge in [0, 0.05) is 13.1 Å². The Morgan fingerprint density at radius 2 is 1.94 bits per heavy atom. The number of nitrogens with zero attached hydrogens (tertiary/aromatic N) is 1. The van der Waals surface area contributed by atoms with E-state index < -0.39 is 12.0 Å². The minimum absolute atomic E-state index is 0.242. The lowest BCUT2D eigenvalue weighted by Crippen LogP contribution is -2.49. The summed E-state index contributed by atoms with van der Waals surface area (Å²) in [6, 6.07) is -1.01. The number of piperidine rings is 1. The minimum Gasteiger partial charge on any atom is -0.480 e. The molecule has 1 rings (SSSR count). The zero-order valence-electron chi connectivity index (χ0n) is 10.6. The Bertz CT molecular complexity index is 273. The van der Waals surface area contributed by atoms with Crippen molar-refractivity contribution in [2.45, 2.75) is 45.6 Å². The molecular formula is C12H22N2O3. The Morgan fingerprint density at radius 3 is 2.35 bits per heavy atom. The molecular weight excluding hydrogens is 220 g/mol. The third-order valence-corrected chi connectivity index (χ3v) is 3.48. The molecule has 0 aromatic heterocycles. The second-order valence-corrected chi connectivity index (χ2v) is 4.59. The van der Waals surface area contributed by atoms with Crippen LogP contribution in [0.3, 0.4) is 0 Å². The SMILES string of the molecule is CCC1CCN(C(=O)N[C@@H](CC)C(=O)O)CC1. The van der Waals surface area contributed by atoms with Crippen LogP contribution in [-0.4, -0.2) is 41.1 Å². The molecule has 2 amide bonds. The van der Waals surface area contributed by atoms with Gasteiger partial charge in [-0.1, -0.05) is 20.3 Å². The van der Waals surface area contributed by atoms with Crippen LogP contribution < -0.4 is 5.32 Å². The first kappa shape index (κ1) is 13.8. The number of carbonyl (C=O) groups excluding carboxylic acids is 1. The van der Waals surface area contributed by atoms with Gasteiger partial charge in [-0.3, -0.25) is 0 Å². The van der Waals surface area contributed by atoms with E-state index in [0.717, 1.165) is 32.4 Å². The first-order valence-corrected chi connectivity index (χ1v) is 6.36. The lowest BCUT2D eigenvalue weighted by molar-refractivity contribution is -0.139. The second-order valence-electron chi connectivity index (χ2n) is 4.59. The Kier molecular flexibility index (Phi) is 5.25. The van der Waals surface area contributed by atoms with Crippen LogP contribution in [0.4, 0.5) is 4.79 Å². The fourth-order valence-electron chi connectivity index (χ4n) is 2.12. The van der Waals surface area contributed by atoms with Gasteiger partial charge in [0.25, 0.3) is 0 Å². The highest BCUT2D eigenvalue weighted by Gasteiger charge is 2.25. The molecule has 0 spiro atoms. The van der Waals surface area contributed by atoms with Gasteiger partial charge in [0.2, 0.25) is 0 Å². The average molecular weight is 242 g/mol. The molecule has 1 fully saturated rings. The van der Waals surface area contributed by atoms with Crippen LogP contribution in [0, 0.1) is 5.92 Å². The normalized spacial score (nSPS) is 18.8. The predicted molar refractivity (Wildman–Crippen MR) is 64.8 cm³/mol. The largest absolute Gasteiger partial charge is 0.480 e. The van der Waals surface area contributed by atoms with Gasteiger partial charge in [-0.25, -0.2) is 9.59 Å². The van der Waals surface area contributed by atoms with Crippen LogP contribution in [0.2, 0.25) is 0 Å². The third-order valence-electron chi connectivity index (χ3n) is 3.48. The van der Waals surface area contributed by atoms with E-state index in [9.17, 15) is 9.59 Å². The summed E-state index contributed by atoms with van der Waals surface area (Å²) in [4.78, 5) is 24.4. The van der Waals surface area contributed by atoms with Crippen molar-refractivity contribution >= 4 is 12.0 Å². The molecule has 5 heteroatoms. The molecule has 1 aliphatic heterocycles. The van der Waals surface area contributed by atoms with Crippen LogP contribution in [-0.2, 0) is 4.79 Å². The van der Waals surface area contributed by atoms with Crippen LogP contribution in [0.1, 0.15) is 39.5 Å². The van der Waals surface area contributed by atoms with E-state index in [-0.39, 0.29) is 6.03 Å². The molecule has 2 N–H and O–H groups in total. The molecule has 98 valence electrons. The number of rotatable bonds is 4. The molecule has 1 heterocycles. The summed E-state index contributed by atoms with van der Waals surface area (Å²) in [5.74, 6) is -0.259. The van der Waals surface area contributed by atoms with Crippen molar-refractivity contribution in [3.05, 3.63) is 0 Å². The molecule has 1 aliphatic rings. The number of amides is 2. The molecule has 0 aliphatic carbocycles. The number of hydrogen-bond acceptors (Lipinski definition) is 2. The van der Waals surface area contributed by atoms with E-state index in [4.69, 9.17) is 5.11 Å². The zero-order chi connectivity index (χ0) is 12.8. The van der Waals surface area contributed by atoms with Gasteiger partial charge in [0.1, 0.15) is 6.04 Å². The highest BCUT2D eigenvalue weighted by Crippen LogP contribution is 2.19. The van der Waals surface area contributed by atoms with Gasteiger partial charge in [-0.15, -0.1) is 0 Å². The lowest BCUT2D eigenvalue weighted by atomic mass is 9.95. The maximum atomic E-state index is 11.8. The maximum Gasteiger partial charge on any atom is 0.326 e. The fraction of sp³-hybridized carbons (Fsp3) is 0.833. The Labute approximate surface area is 102 Å². The van der Waals surface area contributed by atoms with E-state index in [1.165, 1.54) is 0 Å². The van der Waals surface area contributed by atoms with Gasteiger partial charge >= 0.3 is 12.0 Å². The molecule has 0 unspecified atom stereocenters. The topological polar surface area (TPSA) is 69.6 Å². The number of carbonyl (C=O) groups is 2. The zero-order valence-corrected chi connectivity index (χ0v) is 10.6. The molecule has 17 heavy (non-hydrogen) atoms. The van der Waals surface area contributed by atoms with Gasteiger partial charge in [-0.05, 0) is 25.2 Å². The van der Waals surface area contributed by atoms with Crippen LogP contribution in [0.15, 0.2) is 0 Å². The van der Waals surface area contributed by atoms with Gasteiger partial charge in [-0.2, -0.15) is 0 Å². The van der Waals surface area contributed by atoms with E-state index in [2.05, 4.69) is 12.2 Å². The smallest absolute Gasteiger partial charge is 0.326 e. The van der Waals surface area contributed by atoms with Gasteiger partial charge in [0.05, 0.1) is 0 Å². The summed E-state index contributed by atoms with van der Waals surface area (Å²) in [5, 5.41) is 11.4. The Hall–Kier alpha value is -1.26. The molecule has 0 radical (unpaired) electrons.